The van der Waals surface area contributed by atoms with E-state index in [0.717, 1.165) is 31.9 Å². The Balaban J connectivity index is 0. The molecule has 0 saturated heterocycles. The predicted molar refractivity (Wildman–Crippen MR) is 92.2 cm³/mol. The molecule has 0 bridgehead atoms. The zero-order valence-electron chi connectivity index (χ0n) is 12.8. The van der Waals surface area contributed by atoms with E-state index in [-0.39, 0.29) is 36.4 Å². The minimum atomic E-state index is 0. The van der Waals surface area contributed by atoms with Crippen LogP contribution in [0.2, 0.25) is 0 Å². The van der Waals surface area contributed by atoms with Crippen LogP contribution in [-0.4, -0.2) is 50.5 Å². The molecule has 0 aromatic carbocycles. The summed E-state index contributed by atoms with van der Waals surface area (Å²) in [7, 11) is 3.48. The molecule has 0 radical (unpaired) electrons. The Hall–Kier alpha value is -0.530. The number of nitrogens with one attached hydrogen (secondary N) is 2. The number of unbranched alkanes of at least 4 members (excludes halogenated alkanes) is 1. The van der Waals surface area contributed by atoms with Crippen LogP contribution in [0, 0.1) is 5.92 Å². The largest absolute Gasteiger partial charge is 0.356 e. The minimum absolute atomic E-state index is 0. The number of rotatable bonds is 7. The first-order valence-corrected chi connectivity index (χ1v) is 6.69. The summed E-state index contributed by atoms with van der Waals surface area (Å²) < 4.78 is 0. The molecule has 114 valence electrons. The first kappa shape index (κ1) is 20.8. The number of likely N-dealkylation sites (N-methyl/N-ethyl adjacent to an activating group) is 1. The van der Waals surface area contributed by atoms with Crippen molar-refractivity contribution in [2.45, 2.75) is 33.6 Å². The highest BCUT2D eigenvalue weighted by molar-refractivity contribution is 14.0. The third-order valence-corrected chi connectivity index (χ3v) is 2.37. The lowest BCUT2D eigenvalue weighted by molar-refractivity contribution is -0.127. The summed E-state index contributed by atoms with van der Waals surface area (Å²) in [5.74, 6) is 1.29. The van der Waals surface area contributed by atoms with Crippen LogP contribution >= 0.6 is 24.0 Å². The minimum Gasteiger partial charge on any atom is -0.356 e. The Morgan fingerprint density at radius 3 is 2.37 bits per heavy atom. The quantitative estimate of drug-likeness (QED) is 0.304. The molecule has 0 aliphatic rings. The van der Waals surface area contributed by atoms with Gasteiger partial charge in [-0.25, -0.2) is 4.99 Å². The van der Waals surface area contributed by atoms with Crippen LogP contribution in [0.25, 0.3) is 0 Å². The van der Waals surface area contributed by atoms with Crippen LogP contribution in [0.5, 0.6) is 0 Å². The molecule has 1 amide bonds. The third-order valence-electron chi connectivity index (χ3n) is 2.37. The first-order chi connectivity index (χ1) is 8.47. The Morgan fingerprint density at radius 2 is 1.89 bits per heavy atom. The monoisotopic (exact) mass is 384 g/mol. The van der Waals surface area contributed by atoms with Gasteiger partial charge < -0.3 is 15.5 Å². The molecule has 0 aromatic heterocycles. The van der Waals surface area contributed by atoms with Gasteiger partial charge in [-0.2, -0.15) is 0 Å². The maximum Gasteiger partial charge on any atom is 0.243 e. The van der Waals surface area contributed by atoms with Gasteiger partial charge in [0.2, 0.25) is 5.91 Å². The van der Waals surface area contributed by atoms with Gasteiger partial charge in [-0.05, 0) is 12.3 Å². The highest BCUT2D eigenvalue weighted by Crippen LogP contribution is 1.89. The maximum atomic E-state index is 11.5. The van der Waals surface area contributed by atoms with E-state index in [1.165, 1.54) is 0 Å². The number of amides is 1. The summed E-state index contributed by atoms with van der Waals surface area (Å²) in [5.41, 5.74) is 0. The van der Waals surface area contributed by atoms with Crippen molar-refractivity contribution in [2.24, 2.45) is 10.9 Å². The molecule has 0 fully saturated rings. The molecule has 0 atom stereocenters. The maximum absolute atomic E-state index is 11.5. The normalized spacial score (nSPS) is 10.9. The lowest BCUT2D eigenvalue weighted by atomic mass is 10.2. The number of halogens is 1. The van der Waals surface area contributed by atoms with E-state index in [2.05, 4.69) is 36.4 Å². The number of hydrogen-bond acceptors (Lipinski definition) is 2. The smallest absolute Gasteiger partial charge is 0.243 e. The molecule has 0 aromatic rings. The van der Waals surface area contributed by atoms with Crippen molar-refractivity contribution < 1.29 is 4.79 Å². The predicted octanol–water partition coefficient (Wildman–Crippen LogP) is 1.68. The van der Waals surface area contributed by atoms with Crippen molar-refractivity contribution in [3.63, 3.8) is 0 Å². The van der Waals surface area contributed by atoms with Crippen molar-refractivity contribution >= 4 is 35.8 Å². The lowest BCUT2D eigenvalue weighted by Crippen LogP contribution is -2.40. The van der Waals surface area contributed by atoms with Gasteiger partial charge in [-0.3, -0.25) is 4.79 Å². The summed E-state index contributed by atoms with van der Waals surface area (Å²) >= 11 is 0. The highest BCUT2D eigenvalue weighted by Gasteiger charge is 2.04. The number of carbonyl (C=O) groups excluding carboxylic acids is 1. The van der Waals surface area contributed by atoms with E-state index in [4.69, 9.17) is 0 Å². The lowest BCUT2D eigenvalue weighted by Gasteiger charge is -2.14. The van der Waals surface area contributed by atoms with E-state index < -0.39 is 0 Å². The van der Waals surface area contributed by atoms with Crippen LogP contribution in [0.3, 0.4) is 0 Å². The van der Waals surface area contributed by atoms with Crippen LogP contribution in [0.4, 0.5) is 0 Å². The number of hydrogen-bond donors (Lipinski definition) is 2. The van der Waals surface area contributed by atoms with E-state index in [9.17, 15) is 4.79 Å². The molecule has 6 heteroatoms. The van der Waals surface area contributed by atoms with Crippen LogP contribution in [-0.2, 0) is 4.79 Å². The van der Waals surface area contributed by atoms with E-state index in [1.807, 2.05) is 0 Å². The van der Waals surface area contributed by atoms with Gasteiger partial charge in [0, 0.05) is 27.2 Å². The van der Waals surface area contributed by atoms with Crippen molar-refractivity contribution in [3.8, 4) is 0 Å². The summed E-state index contributed by atoms with van der Waals surface area (Å²) in [6, 6.07) is 0. The van der Waals surface area contributed by atoms with Gasteiger partial charge in [0.15, 0.2) is 5.96 Å². The second-order valence-corrected chi connectivity index (χ2v) is 5.01. The van der Waals surface area contributed by atoms with Crippen molar-refractivity contribution in [2.75, 3.05) is 33.7 Å². The highest BCUT2D eigenvalue weighted by atomic mass is 127. The molecule has 19 heavy (non-hydrogen) atoms. The summed E-state index contributed by atoms with van der Waals surface area (Å²) in [4.78, 5) is 17.3. The van der Waals surface area contributed by atoms with Gasteiger partial charge in [0.1, 0.15) is 6.54 Å². The topological polar surface area (TPSA) is 56.7 Å². The van der Waals surface area contributed by atoms with E-state index in [0.29, 0.717) is 5.92 Å². The summed E-state index contributed by atoms with van der Waals surface area (Å²) in [6.45, 7) is 8.36. The molecule has 5 nitrogen and oxygen atoms in total. The van der Waals surface area contributed by atoms with Crippen LogP contribution < -0.4 is 10.6 Å². The Kier molecular flexibility index (Phi) is 13.7. The first-order valence-electron chi connectivity index (χ1n) is 6.69. The fourth-order valence-corrected chi connectivity index (χ4v) is 1.15. The zero-order chi connectivity index (χ0) is 14.0. The number of guanidine groups is 1. The molecule has 0 unspecified atom stereocenters. The molecule has 0 rings (SSSR count). The van der Waals surface area contributed by atoms with E-state index >= 15 is 0 Å². The molecule has 0 aliphatic carbocycles. The third kappa shape index (κ3) is 12.3. The zero-order valence-corrected chi connectivity index (χ0v) is 15.2. The summed E-state index contributed by atoms with van der Waals surface area (Å²) in [5, 5.41) is 6.48. The second-order valence-electron chi connectivity index (χ2n) is 5.01. The van der Waals surface area contributed by atoms with Gasteiger partial charge >= 0.3 is 0 Å². The van der Waals surface area contributed by atoms with E-state index in [1.54, 1.807) is 19.0 Å². The molecular formula is C13H29IN4O. The SMILES string of the molecule is CCCCNC(=NCC(=O)N(C)C)NCC(C)C.I. The molecule has 0 aliphatic heterocycles. The van der Waals surface area contributed by atoms with Crippen molar-refractivity contribution in [3.05, 3.63) is 0 Å². The molecule has 0 spiro atoms. The average molecular weight is 384 g/mol. The molecule has 0 heterocycles. The standard InChI is InChI=1S/C13H28N4O.HI/c1-6-7-8-14-13(15-9-11(2)3)16-10-12(18)17(4)5;/h11H,6-10H2,1-5H3,(H2,14,15,16);1H. The van der Waals surface area contributed by atoms with Crippen molar-refractivity contribution in [1.82, 2.24) is 15.5 Å². The van der Waals surface area contributed by atoms with Crippen LogP contribution in [0.1, 0.15) is 33.6 Å². The van der Waals surface area contributed by atoms with Gasteiger partial charge in [0.05, 0.1) is 0 Å². The average Bonchev–Trinajstić information content (AvgIpc) is 2.31. The van der Waals surface area contributed by atoms with Crippen LogP contribution in [0.15, 0.2) is 4.99 Å². The second kappa shape index (κ2) is 12.5. The number of aliphatic imine (C=N–C) groups is 1. The fraction of sp³-hybridized carbons (Fsp3) is 0.846. The Bertz CT molecular complexity index is 267. The van der Waals surface area contributed by atoms with Crippen molar-refractivity contribution in [1.29, 1.82) is 0 Å². The van der Waals surface area contributed by atoms with Gasteiger partial charge in [0.25, 0.3) is 0 Å². The number of carbonyl (C=O) groups is 1. The molecule has 0 saturated carbocycles. The Morgan fingerprint density at radius 1 is 1.26 bits per heavy atom. The van der Waals surface area contributed by atoms with Gasteiger partial charge in [-0.15, -0.1) is 24.0 Å². The number of nitrogens with zero attached hydrogens (tertiary/aromatic N) is 2. The summed E-state index contributed by atoms with van der Waals surface area (Å²) in [6.07, 6.45) is 2.24. The fourth-order valence-electron chi connectivity index (χ4n) is 1.15. The van der Waals surface area contributed by atoms with Gasteiger partial charge in [-0.1, -0.05) is 27.2 Å². The molecule has 2 N–H and O–H groups in total. The molecular weight excluding hydrogens is 355 g/mol. The Labute approximate surface area is 134 Å².